The van der Waals surface area contributed by atoms with E-state index >= 15 is 0 Å². The second-order valence-corrected chi connectivity index (χ2v) is 4.55. The summed E-state index contributed by atoms with van der Waals surface area (Å²) in [5.41, 5.74) is 1.03. The Morgan fingerprint density at radius 2 is 2.50 bits per heavy atom. The normalized spacial score (nSPS) is 18.4. The van der Waals surface area contributed by atoms with Crippen LogP contribution in [0.1, 0.15) is 31.4 Å². The summed E-state index contributed by atoms with van der Waals surface area (Å²) >= 11 is 0. The predicted octanol–water partition coefficient (Wildman–Crippen LogP) is 0.990. The molecule has 5 nitrogen and oxygen atoms in total. The maximum absolute atomic E-state index is 11.6. The molecule has 1 aliphatic heterocycles. The molecule has 18 heavy (non-hydrogen) atoms. The van der Waals surface area contributed by atoms with Gasteiger partial charge in [-0.2, -0.15) is 5.10 Å². The van der Waals surface area contributed by atoms with Gasteiger partial charge >= 0.3 is 0 Å². The van der Waals surface area contributed by atoms with E-state index in [9.17, 15) is 4.79 Å². The summed E-state index contributed by atoms with van der Waals surface area (Å²) in [4.78, 5) is 11.6. The van der Waals surface area contributed by atoms with Crippen LogP contribution in [0.15, 0.2) is 12.3 Å². The second kappa shape index (κ2) is 7.38. The van der Waals surface area contributed by atoms with Crippen LogP contribution < -0.4 is 10.6 Å². The molecule has 0 bridgehead atoms. The Labute approximate surface area is 114 Å². The van der Waals surface area contributed by atoms with Crippen molar-refractivity contribution in [2.45, 2.75) is 38.3 Å². The van der Waals surface area contributed by atoms with Crippen LogP contribution in [0.25, 0.3) is 0 Å². The molecule has 0 radical (unpaired) electrons. The number of rotatable bonds is 5. The van der Waals surface area contributed by atoms with Crippen molar-refractivity contribution in [1.29, 1.82) is 0 Å². The fourth-order valence-electron chi connectivity index (χ4n) is 2.16. The minimum Gasteiger partial charge on any atom is -0.350 e. The van der Waals surface area contributed by atoms with Crippen molar-refractivity contribution < 1.29 is 4.79 Å². The Morgan fingerprint density at radius 3 is 3.11 bits per heavy atom. The number of hydrogen-bond acceptors (Lipinski definition) is 3. The minimum atomic E-state index is 0. The van der Waals surface area contributed by atoms with E-state index in [1.165, 1.54) is 12.8 Å². The standard InChI is InChI=1S/C12H20N4O.ClH/c1-16-11(6-8-15-16)9-14-12(17)5-4-10-3-2-7-13-10;/h6,8,10,13H,2-5,7,9H2,1H3,(H,14,17);1H. The van der Waals surface area contributed by atoms with Crippen molar-refractivity contribution >= 4 is 18.3 Å². The molecule has 2 rings (SSSR count). The van der Waals surface area contributed by atoms with E-state index < -0.39 is 0 Å². The van der Waals surface area contributed by atoms with Gasteiger partial charge in [0, 0.05) is 25.7 Å². The van der Waals surface area contributed by atoms with Crippen LogP contribution in [0.3, 0.4) is 0 Å². The van der Waals surface area contributed by atoms with Gasteiger partial charge in [-0.15, -0.1) is 12.4 Å². The van der Waals surface area contributed by atoms with Crippen molar-refractivity contribution in [3.8, 4) is 0 Å². The lowest BCUT2D eigenvalue weighted by molar-refractivity contribution is -0.121. The summed E-state index contributed by atoms with van der Waals surface area (Å²) < 4.78 is 1.78. The molecular weight excluding hydrogens is 252 g/mol. The van der Waals surface area contributed by atoms with Gasteiger partial charge in [0.15, 0.2) is 0 Å². The van der Waals surface area contributed by atoms with Crippen LogP contribution in [0, 0.1) is 0 Å². The second-order valence-electron chi connectivity index (χ2n) is 4.55. The number of carbonyl (C=O) groups is 1. The third-order valence-corrected chi connectivity index (χ3v) is 3.27. The first-order valence-electron chi connectivity index (χ1n) is 6.22. The Morgan fingerprint density at radius 1 is 1.67 bits per heavy atom. The lowest BCUT2D eigenvalue weighted by Crippen LogP contribution is -2.27. The molecule has 1 aromatic heterocycles. The molecule has 0 saturated carbocycles. The molecule has 1 saturated heterocycles. The monoisotopic (exact) mass is 272 g/mol. The molecule has 0 aliphatic carbocycles. The Balaban J connectivity index is 0.00000162. The van der Waals surface area contributed by atoms with Gasteiger partial charge in [-0.05, 0) is 31.9 Å². The van der Waals surface area contributed by atoms with Gasteiger partial charge in [0.1, 0.15) is 0 Å². The van der Waals surface area contributed by atoms with Crippen molar-refractivity contribution in [3.05, 3.63) is 18.0 Å². The highest BCUT2D eigenvalue weighted by Crippen LogP contribution is 2.10. The van der Waals surface area contributed by atoms with E-state index in [1.54, 1.807) is 10.9 Å². The molecule has 1 fully saturated rings. The highest BCUT2D eigenvalue weighted by Gasteiger charge is 2.15. The molecule has 2 N–H and O–H groups in total. The van der Waals surface area contributed by atoms with Crippen LogP contribution in [0.2, 0.25) is 0 Å². The van der Waals surface area contributed by atoms with Gasteiger partial charge in [0.25, 0.3) is 0 Å². The van der Waals surface area contributed by atoms with Crippen LogP contribution >= 0.6 is 12.4 Å². The number of amides is 1. The average molecular weight is 273 g/mol. The van der Waals surface area contributed by atoms with Gasteiger partial charge in [0.2, 0.25) is 5.91 Å². The smallest absolute Gasteiger partial charge is 0.220 e. The molecule has 1 aromatic rings. The number of nitrogens with one attached hydrogen (secondary N) is 2. The number of nitrogens with zero attached hydrogens (tertiary/aromatic N) is 2. The largest absolute Gasteiger partial charge is 0.350 e. The number of aromatic nitrogens is 2. The quantitative estimate of drug-likeness (QED) is 0.840. The summed E-state index contributed by atoms with van der Waals surface area (Å²) in [5, 5.41) is 10.4. The van der Waals surface area contributed by atoms with Gasteiger partial charge in [0.05, 0.1) is 12.2 Å². The third-order valence-electron chi connectivity index (χ3n) is 3.27. The first kappa shape index (κ1) is 15.0. The van der Waals surface area contributed by atoms with E-state index in [1.807, 2.05) is 13.1 Å². The van der Waals surface area contributed by atoms with Gasteiger partial charge in [-0.25, -0.2) is 0 Å². The zero-order valence-electron chi connectivity index (χ0n) is 10.7. The summed E-state index contributed by atoms with van der Waals surface area (Å²) in [7, 11) is 1.88. The zero-order chi connectivity index (χ0) is 12.1. The van der Waals surface area contributed by atoms with E-state index in [-0.39, 0.29) is 18.3 Å². The SMILES string of the molecule is Cl.Cn1nccc1CNC(=O)CCC1CCCN1. The first-order chi connectivity index (χ1) is 8.25. The number of aryl methyl sites for hydroxylation is 1. The summed E-state index contributed by atoms with van der Waals surface area (Å²) in [5.74, 6) is 0.125. The molecule has 1 atom stereocenters. The molecule has 1 aliphatic rings. The van der Waals surface area contributed by atoms with E-state index in [4.69, 9.17) is 0 Å². The first-order valence-corrected chi connectivity index (χ1v) is 6.22. The third kappa shape index (κ3) is 4.31. The summed E-state index contributed by atoms with van der Waals surface area (Å²) in [6.45, 7) is 1.66. The molecule has 0 spiro atoms. The molecule has 1 unspecified atom stereocenters. The minimum absolute atomic E-state index is 0. The van der Waals surface area contributed by atoms with E-state index in [0.29, 0.717) is 19.0 Å². The van der Waals surface area contributed by atoms with Crippen molar-refractivity contribution in [1.82, 2.24) is 20.4 Å². The fraction of sp³-hybridized carbons (Fsp3) is 0.667. The lowest BCUT2D eigenvalue weighted by atomic mass is 10.1. The van der Waals surface area contributed by atoms with E-state index in [0.717, 1.165) is 18.7 Å². The molecule has 0 aromatic carbocycles. The highest BCUT2D eigenvalue weighted by atomic mass is 35.5. The highest BCUT2D eigenvalue weighted by molar-refractivity contribution is 5.85. The van der Waals surface area contributed by atoms with E-state index in [2.05, 4.69) is 15.7 Å². The Kier molecular flexibility index (Phi) is 6.15. The zero-order valence-corrected chi connectivity index (χ0v) is 11.5. The molecular formula is C12H21ClN4O. The molecule has 102 valence electrons. The van der Waals surface area contributed by atoms with Crippen LogP contribution in [-0.2, 0) is 18.4 Å². The maximum atomic E-state index is 11.6. The Bertz CT molecular complexity index is 374. The number of carbonyl (C=O) groups excluding carboxylic acids is 1. The summed E-state index contributed by atoms with van der Waals surface area (Å²) in [6.07, 6.45) is 5.73. The summed E-state index contributed by atoms with van der Waals surface area (Å²) in [6, 6.07) is 2.45. The van der Waals surface area contributed by atoms with Gasteiger partial charge in [-0.1, -0.05) is 0 Å². The van der Waals surface area contributed by atoms with Crippen molar-refractivity contribution in [2.75, 3.05) is 6.54 Å². The topological polar surface area (TPSA) is 59.0 Å². The Hall–Kier alpha value is -1.07. The molecule has 6 heteroatoms. The van der Waals surface area contributed by atoms with Crippen molar-refractivity contribution in [3.63, 3.8) is 0 Å². The molecule has 1 amide bonds. The van der Waals surface area contributed by atoms with Crippen LogP contribution in [0.4, 0.5) is 0 Å². The molecule has 2 heterocycles. The maximum Gasteiger partial charge on any atom is 0.220 e. The average Bonchev–Trinajstić information content (AvgIpc) is 2.95. The lowest BCUT2D eigenvalue weighted by Gasteiger charge is -2.10. The van der Waals surface area contributed by atoms with Gasteiger partial charge in [-0.3, -0.25) is 9.48 Å². The predicted molar refractivity (Wildman–Crippen MR) is 72.6 cm³/mol. The van der Waals surface area contributed by atoms with Crippen LogP contribution in [-0.4, -0.2) is 28.3 Å². The fourth-order valence-corrected chi connectivity index (χ4v) is 2.16. The number of hydrogen-bond donors (Lipinski definition) is 2. The van der Waals surface area contributed by atoms with Gasteiger partial charge < -0.3 is 10.6 Å². The van der Waals surface area contributed by atoms with Crippen molar-refractivity contribution in [2.24, 2.45) is 7.05 Å². The van der Waals surface area contributed by atoms with Crippen LogP contribution in [0.5, 0.6) is 0 Å². The number of halogens is 1.